The lowest BCUT2D eigenvalue weighted by atomic mass is 9.96. The van der Waals surface area contributed by atoms with Crippen LogP contribution in [0, 0.1) is 5.92 Å². The third-order valence-electron chi connectivity index (χ3n) is 8.23. The number of benzene rings is 4. The molecule has 0 aliphatic carbocycles. The summed E-state index contributed by atoms with van der Waals surface area (Å²) in [5.74, 6) is -0.242. The number of carboxylic acids is 1. The molecule has 44 heavy (non-hydrogen) atoms. The Morgan fingerprint density at radius 1 is 0.841 bits per heavy atom. The Labute approximate surface area is 260 Å². The van der Waals surface area contributed by atoms with Crippen LogP contribution in [-0.4, -0.2) is 21.4 Å². The number of carbonyl (C=O) groups is 2. The maximum absolute atomic E-state index is 14.1. The second-order valence-corrected chi connectivity index (χ2v) is 12.0. The van der Waals surface area contributed by atoms with Crippen molar-refractivity contribution in [2.24, 2.45) is 5.92 Å². The summed E-state index contributed by atoms with van der Waals surface area (Å²) in [6.07, 6.45) is 4.46. The molecule has 1 unspecified atom stereocenters. The molecule has 0 saturated heterocycles. The first-order valence-corrected chi connectivity index (χ1v) is 15.7. The third-order valence-corrected chi connectivity index (χ3v) is 8.23. The molecule has 1 N–H and O–H groups in total. The fourth-order valence-electron chi connectivity index (χ4n) is 6.14. The summed E-state index contributed by atoms with van der Waals surface area (Å²) in [6.45, 7) is 7.97. The number of aliphatic carboxylic acids is 1. The van der Waals surface area contributed by atoms with Crippen LogP contribution in [0.25, 0.3) is 10.9 Å². The average molecular weight is 587 g/mol. The average Bonchev–Trinajstić information content (AvgIpc) is 3.40. The monoisotopic (exact) mass is 586 g/mol. The number of nitrogens with zero attached hydrogens (tertiary/aromatic N) is 2. The molecule has 0 saturated carbocycles. The molecule has 1 atom stereocenters. The van der Waals surface area contributed by atoms with E-state index in [0.717, 1.165) is 29.4 Å². The van der Waals surface area contributed by atoms with Crippen LogP contribution in [0.3, 0.4) is 0 Å². The minimum absolute atomic E-state index is 0.0363. The molecule has 5 nitrogen and oxygen atoms in total. The molecule has 226 valence electrons. The topological polar surface area (TPSA) is 62.5 Å². The highest BCUT2D eigenvalue weighted by Gasteiger charge is 2.23. The molecule has 0 radical (unpaired) electrons. The van der Waals surface area contributed by atoms with Gasteiger partial charge in [0.15, 0.2) is 5.78 Å². The standard InChI is InChI=1S/C39H42N2O3/c1-4-36(31-21-19-29(20-22-31)24-28(2)3)41(26-30-12-6-5-7-13-30)33-15-10-14-32(25-33)39(44)35-27-40(23-11-18-38(42)43)37-17-9-8-16-34(35)37/h5-10,12-17,19-22,25,27-28,36H,4,11,18,23-24,26H2,1-3H3,(H,42,43). The van der Waals surface area contributed by atoms with E-state index in [1.165, 1.54) is 16.7 Å². The minimum atomic E-state index is -0.813. The van der Waals surface area contributed by atoms with Crippen LogP contribution in [0.5, 0.6) is 0 Å². The molecular formula is C39H42N2O3. The molecule has 0 spiro atoms. The summed E-state index contributed by atoms with van der Waals surface area (Å²) in [7, 11) is 0. The summed E-state index contributed by atoms with van der Waals surface area (Å²) in [5, 5.41) is 10.00. The number of aryl methyl sites for hydroxylation is 1. The SMILES string of the molecule is CCC(c1ccc(CC(C)C)cc1)N(Cc1ccccc1)c1cccc(C(=O)c2cn(CCCC(=O)O)c3ccccc23)c1. The number of hydrogen-bond acceptors (Lipinski definition) is 3. The molecule has 5 heteroatoms. The highest BCUT2D eigenvalue weighted by Crippen LogP contribution is 2.33. The minimum Gasteiger partial charge on any atom is -0.481 e. The Hall–Kier alpha value is -4.64. The first-order valence-electron chi connectivity index (χ1n) is 15.7. The molecule has 4 aromatic carbocycles. The van der Waals surface area contributed by atoms with E-state index in [1.807, 2.05) is 59.3 Å². The maximum Gasteiger partial charge on any atom is 0.303 e. The molecule has 0 amide bonds. The Morgan fingerprint density at radius 3 is 2.27 bits per heavy atom. The normalized spacial score (nSPS) is 12.0. The predicted octanol–water partition coefficient (Wildman–Crippen LogP) is 9.09. The number of anilines is 1. The van der Waals surface area contributed by atoms with Crippen molar-refractivity contribution in [3.8, 4) is 0 Å². The summed E-state index contributed by atoms with van der Waals surface area (Å²) in [4.78, 5) is 27.6. The van der Waals surface area contributed by atoms with Crippen LogP contribution in [0.15, 0.2) is 109 Å². The van der Waals surface area contributed by atoms with Crippen molar-refractivity contribution in [1.82, 2.24) is 4.57 Å². The van der Waals surface area contributed by atoms with Gasteiger partial charge in [0.05, 0.1) is 6.04 Å². The molecule has 5 rings (SSSR count). The van der Waals surface area contributed by atoms with Crippen LogP contribution in [-0.2, 0) is 24.3 Å². The smallest absolute Gasteiger partial charge is 0.303 e. The molecule has 5 aromatic rings. The first kappa shape index (κ1) is 30.8. The summed E-state index contributed by atoms with van der Waals surface area (Å²) >= 11 is 0. The Morgan fingerprint density at radius 2 is 1.57 bits per heavy atom. The van der Waals surface area contributed by atoms with E-state index in [-0.39, 0.29) is 18.2 Å². The molecular weight excluding hydrogens is 544 g/mol. The van der Waals surface area contributed by atoms with Crippen molar-refractivity contribution in [2.75, 3.05) is 4.90 Å². The molecule has 0 bridgehead atoms. The van der Waals surface area contributed by atoms with Gasteiger partial charge in [0.1, 0.15) is 0 Å². The second kappa shape index (κ2) is 14.2. The number of hydrogen-bond donors (Lipinski definition) is 1. The van der Waals surface area contributed by atoms with Crippen molar-refractivity contribution < 1.29 is 14.7 Å². The first-order chi connectivity index (χ1) is 21.3. The van der Waals surface area contributed by atoms with Crippen LogP contribution in [0.1, 0.15) is 78.7 Å². The van der Waals surface area contributed by atoms with Crippen LogP contribution in [0.2, 0.25) is 0 Å². The van der Waals surface area contributed by atoms with Gasteiger partial charge in [0.25, 0.3) is 0 Å². The zero-order valence-electron chi connectivity index (χ0n) is 25.9. The van der Waals surface area contributed by atoms with E-state index in [2.05, 4.69) is 80.3 Å². The van der Waals surface area contributed by atoms with Gasteiger partial charge in [0.2, 0.25) is 0 Å². The summed E-state index contributed by atoms with van der Waals surface area (Å²) in [6, 6.07) is 35.5. The van der Waals surface area contributed by atoms with Gasteiger partial charge in [-0.2, -0.15) is 0 Å². The second-order valence-electron chi connectivity index (χ2n) is 12.0. The Kier molecular flexibility index (Phi) is 9.96. The Balaban J connectivity index is 1.50. The number of aromatic nitrogens is 1. The number of carboxylic acid groups (broad SMARTS) is 1. The van der Waals surface area contributed by atoms with Crippen LogP contribution >= 0.6 is 0 Å². The molecule has 1 aromatic heterocycles. The summed E-state index contributed by atoms with van der Waals surface area (Å²) < 4.78 is 2.01. The number of rotatable bonds is 14. The van der Waals surface area contributed by atoms with E-state index in [4.69, 9.17) is 5.11 Å². The van der Waals surface area contributed by atoms with E-state index >= 15 is 0 Å². The number of carbonyl (C=O) groups excluding carboxylic acids is 1. The Bertz CT molecular complexity index is 1700. The van der Waals surface area contributed by atoms with Crippen molar-refractivity contribution in [3.05, 3.63) is 137 Å². The van der Waals surface area contributed by atoms with Gasteiger partial charge in [-0.05, 0) is 60.1 Å². The number of para-hydroxylation sites is 1. The van der Waals surface area contributed by atoms with E-state index in [0.29, 0.717) is 36.6 Å². The van der Waals surface area contributed by atoms with Crippen LogP contribution in [0.4, 0.5) is 5.69 Å². The zero-order chi connectivity index (χ0) is 31.1. The lowest BCUT2D eigenvalue weighted by molar-refractivity contribution is -0.137. The molecule has 0 aliphatic heterocycles. The highest BCUT2D eigenvalue weighted by atomic mass is 16.4. The van der Waals surface area contributed by atoms with Crippen molar-refractivity contribution >= 4 is 28.3 Å². The maximum atomic E-state index is 14.1. The largest absolute Gasteiger partial charge is 0.481 e. The van der Waals surface area contributed by atoms with Crippen molar-refractivity contribution in [3.63, 3.8) is 0 Å². The van der Waals surface area contributed by atoms with Gasteiger partial charge >= 0.3 is 5.97 Å². The van der Waals surface area contributed by atoms with Gasteiger partial charge in [0, 0.05) is 53.4 Å². The van der Waals surface area contributed by atoms with Gasteiger partial charge in [-0.25, -0.2) is 0 Å². The predicted molar refractivity (Wildman–Crippen MR) is 179 cm³/mol. The highest BCUT2D eigenvalue weighted by molar-refractivity contribution is 6.16. The fraction of sp³-hybridized carbons (Fsp3) is 0.282. The zero-order valence-corrected chi connectivity index (χ0v) is 25.9. The van der Waals surface area contributed by atoms with E-state index in [1.54, 1.807) is 0 Å². The lowest BCUT2D eigenvalue weighted by Crippen LogP contribution is -2.28. The number of fused-ring (bicyclic) bond motifs is 1. The fourth-order valence-corrected chi connectivity index (χ4v) is 6.14. The van der Waals surface area contributed by atoms with Crippen LogP contribution < -0.4 is 4.90 Å². The van der Waals surface area contributed by atoms with Crippen molar-refractivity contribution in [2.45, 2.75) is 65.6 Å². The van der Waals surface area contributed by atoms with E-state index in [9.17, 15) is 9.59 Å². The van der Waals surface area contributed by atoms with Gasteiger partial charge in [-0.3, -0.25) is 9.59 Å². The quantitative estimate of drug-likeness (QED) is 0.132. The van der Waals surface area contributed by atoms with E-state index < -0.39 is 5.97 Å². The molecule has 1 heterocycles. The summed E-state index contributed by atoms with van der Waals surface area (Å²) in [5.41, 5.74) is 7.04. The third kappa shape index (κ3) is 7.28. The molecule has 0 fully saturated rings. The van der Waals surface area contributed by atoms with Gasteiger partial charge in [-0.1, -0.05) is 106 Å². The van der Waals surface area contributed by atoms with Crippen molar-refractivity contribution in [1.29, 1.82) is 0 Å². The molecule has 0 aliphatic rings. The number of ketones is 1. The van der Waals surface area contributed by atoms with Gasteiger partial charge in [-0.15, -0.1) is 0 Å². The van der Waals surface area contributed by atoms with Gasteiger partial charge < -0.3 is 14.6 Å². The lowest BCUT2D eigenvalue weighted by Gasteiger charge is -2.34.